The molecule has 2 unspecified atom stereocenters. The van der Waals surface area contributed by atoms with E-state index in [1.54, 1.807) is 14.2 Å². The van der Waals surface area contributed by atoms with Gasteiger partial charge in [0, 0.05) is 19.7 Å². The lowest BCUT2D eigenvalue weighted by atomic mass is 9.95. The number of likely N-dealkylation sites (N-methyl/N-ethyl adjacent to an activating group) is 1. The van der Waals surface area contributed by atoms with E-state index in [1.807, 2.05) is 6.92 Å². The maximum absolute atomic E-state index is 11.8. The third kappa shape index (κ3) is 7.25. The monoisotopic (exact) mass is 302 g/mol. The van der Waals surface area contributed by atoms with Gasteiger partial charge in [-0.2, -0.15) is 0 Å². The van der Waals surface area contributed by atoms with Gasteiger partial charge in [-0.1, -0.05) is 6.92 Å². The number of ether oxygens (including phenoxy) is 2. The van der Waals surface area contributed by atoms with Crippen molar-refractivity contribution in [2.45, 2.75) is 58.0 Å². The number of rotatable bonds is 12. The van der Waals surface area contributed by atoms with Gasteiger partial charge in [0.1, 0.15) is 5.54 Å². The average molecular weight is 302 g/mol. The van der Waals surface area contributed by atoms with Crippen molar-refractivity contribution in [2.24, 2.45) is 0 Å². The summed E-state index contributed by atoms with van der Waals surface area (Å²) in [4.78, 5) is 14.2. The molecule has 0 spiro atoms. The van der Waals surface area contributed by atoms with Gasteiger partial charge in [0.2, 0.25) is 0 Å². The van der Waals surface area contributed by atoms with Crippen LogP contribution in [0.4, 0.5) is 0 Å². The second-order valence-electron chi connectivity index (χ2n) is 5.82. The molecule has 0 rings (SSSR count). The van der Waals surface area contributed by atoms with Crippen LogP contribution in [0.1, 0.15) is 46.5 Å². The second kappa shape index (κ2) is 11.0. The number of carbonyl (C=O) groups excluding carboxylic acids is 1. The highest BCUT2D eigenvalue weighted by atomic mass is 16.5. The number of hydrogen-bond donors (Lipinski definition) is 1. The molecule has 0 aromatic carbocycles. The highest BCUT2D eigenvalue weighted by Gasteiger charge is 2.31. The van der Waals surface area contributed by atoms with Crippen LogP contribution >= 0.6 is 0 Å². The van der Waals surface area contributed by atoms with Crippen LogP contribution in [0.15, 0.2) is 0 Å². The predicted octanol–water partition coefficient (Wildman–Crippen LogP) is 2.05. The second-order valence-corrected chi connectivity index (χ2v) is 5.82. The Morgan fingerprint density at radius 1 is 1.29 bits per heavy atom. The van der Waals surface area contributed by atoms with Gasteiger partial charge < -0.3 is 14.8 Å². The van der Waals surface area contributed by atoms with Crippen molar-refractivity contribution in [2.75, 3.05) is 41.0 Å². The number of esters is 1. The lowest BCUT2D eigenvalue weighted by Crippen LogP contribution is -2.48. The van der Waals surface area contributed by atoms with Crippen LogP contribution in [-0.4, -0.2) is 63.4 Å². The Kier molecular flexibility index (Phi) is 10.6. The molecule has 0 bridgehead atoms. The molecule has 0 aromatic heterocycles. The average Bonchev–Trinajstić information content (AvgIpc) is 2.52. The number of methoxy groups -OCH3 is 2. The molecule has 1 N–H and O–H groups in total. The molecule has 0 amide bonds. The van der Waals surface area contributed by atoms with E-state index < -0.39 is 5.54 Å². The zero-order chi connectivity index (χ0) is 16.3. The Bertz CT molecular complexity index is 287. The van der Waals surface area contributed by atoms with Crippen LogP contribution in [0.5, 0.6) is 0 Å². The van der Waals surface area contributed by atoms with E-state index in [0.717, 1.165) is 45.4 Å². The van der Waals surface area contributed by atoms with Gasteiger partial charge in [-0.25, -0.2) is 0 Å². The summed E-state index contributed by atoms with van der Waals surface area (Å²) in [7, 11) is 4.98. The third-order valence-corrected chi connectivity index (χ3v) is 4.36. The molecule has 0 aliphatic carbocycles. The summed E-state index contributed by atoms with van der Waals surface area (Å²) in [5.74, 6) is -0.192. The van der Waals surface area contributed by atoms with E-state index in [2.05, 4.69) is 24.1 Å². The van der Waals surface area contributed by atoms with Gasteiger partial charge in [-0.3, -0.25) is 9.69 Å². The van der Waals surface area contributed by atoms with E-state index in [1.165, 1.54) is 7.11 Å². The molecule has 5 nitrogen and oxygen atoms in total. The molecule has 21 heavy (non-hydrogen) atoms. The van der Waals surface area contributed by atoms with Gasteiger partial charge in [-0.15, -0.1) is 0 Å². The Morgan fingerprint density at radius 3 is 2.43 bits per heavy atom. The summed E-state index contributed by atoms with van der Waals surface area (Å²) in [5.41, 5.74) is -0.581. The fraction of sp³-hybridized carbons (Fsp3) is 0.938. The van der Waals surface area contributed by atoms with Crippen molar-refractivity contribution in [3.05, 3.63) is 0 Å². The summed E-state index contributed by atoms with van der Waals surface area (Å²) in [6.45, 7) is 9.13. The normalized spacial score (nSPS) is 15.8. The van der Waals surface area contributed by atoms with E-state index in [-0.39, 0.29) is 5.97 Å². The van der Waals surface area contributed by atoms with Gasteiger partial charge >= 0.3 is 5.97 Å². The van der Waals surface area contributed by atoms with Crippen LogP contribution in [-0.2, 0) is 14.3 Å². The Labute approximate surface area is 130 Å². The van der Waals surface area contributed by atoms with Crippen LogP contribution in [0, 0.1) is 0 Å². The first-order valence-electron chi connectivity index (χ1n) is 7.95. The van der Waals surface area contributed by atoms with Crippen LogP contribution in [0.3, 0.4) is 0 Å². The number of hydrogen-bond acceptors (Lipinski definition) is 5. The fourth-order valence-electron chi connectivity index (χ4n) is 2.37. The largest absolute Gasteiger partial charge is 0.468 e. The molecule has 2 atom stereocenters. The van der Waals surface area contributed by atoms with Gasteiger partial charge in [-0.05, 0) is 53.1 Å². The molecule has 0 heterocycles. The molecule has 0 aliphatic rings. The molecule has 0 aliphatic heterocycles. The summed E-state index contributed by atoms with van der Waals surface area (Å²) in [6.07, 6.45) is 3.99. The van der Waals surface area contributed by atoms with Crippen molar-refractivity contribution in [3.8, 4) is 0 Å². The highest BCUT2D eigenvalue weighted by molar-refractivity contribution is 5.80. The Balaban J connectivity index is 4.21. The van der Waals surface area contributed by atoms with Gasteiger partial charge in [0.05, 0.1) is 13.7 Å². The van der Waals surface area contributed by atoms with Crippen molar-refractivity contribution in [1.29, 1.82) is 0 Å². The van der Waals surface area contributed by atoms with Gasteiger partial charge in [0.15, 0.2) is 0 Å². The lowest BCUT2D eigenvalue weighted by Gasteiger charge is -2.29. The minimum Gasteiger partial charge on any atom is -0.468 e. The van der Waals surface area contributed by atoms with Crippen molar-refractivity contribution in [1.82, 2.24) is 10.2 Å². The van der Waals surface area contributed by atoms with E-state index in [9.17, 15) is 4.79 Å². The first-order valence-corrected chi connectivity index (χ1v) is 7.95. The van der Waals surface area contributed by atoms with E-state index >= 15 is 0 Å². The van der Waals surface area contributed by atoms with Crippen molar-refractivity contribution < 1.29 is 14.3 Å². The summed E-state index contributed by atoms with van der Waals surface area (Å²) >= 11 is 0. The van der Waals surface area contributed by atoms with Crippen LogP contribution < -0.4 is 5.32 Å². The fourth-order valence-corrected chi connectivity index (χ4v) is 2.37. The first kappa shape index (κ1) is 20.3. The number of nitrogens with one attached hydrogen (secondary N) is 1. The number of unbranched alkanes of at least 4 members (excludes halogenated alkanes) is 1. The maximum Gasteiger partial charge on any atom is 0.325 e. The predicted molar refractivity (Wildman–Crippen MR) is 86.5 cm³/mol. The first-order chi connectivity index (χ1) is 9.95. The zero-order valence-electron chi connectivity index (χ0n) is 14.7. The maximum atomic E-state index is 11.8. The van der Waals surface area contributed by atoms with E-state index in [4.69, 9.17) is 9.47 Å². The molecule has 0 saturated carbocycles. The summed E-state index contributed by atoms with van der Waals surface area (Å²) < 4.78 is 10.0. The Morgan fingerprint density at radius 2 is 1.95 bits per heavy atom. The number of carbonyl (C=O) groups is 1. The molecule has 5 heteroatoms. The van der Waals surface area contributed by atoms with Crippen LogP contribution in [0.25, 0.3) is 0 Å². The smallest absolute Gasteiger partial charge is 0.325 e. The molecule has 126 valence electrons. The van der Waals surface area contributed by atoms with Crippen molar-refractivity contribution >= 4 is 5.97 Å². The topological polar surface area (TPSA) is 50.8 Å². The summed E-state index contributed by atoms with van der Waals surface area (Å²) in [5, 5.41) is 3.08. The number of nitrogens with zero attached hydrogens (tertiary/aromatic N) is 1. The quantitative estimate of drug-likeness (QED) is 0.442. The Hall–Kier alpha value is -0.650. The zero-order valence-corrected chi connectivity index (χ0v) is 14.7. The standard InChI is InChI=1S/C16H34N2O3/c1-7-14(2)18(12-13-20-5)11-9-8-10-16(3,17-4)15(19)21-6/h14,17H,7-13H2,1-6H3. The van der Waals surface area contributed by atoms with Gasteiger partial charge in [0.25, 0.3) is 0 Å². The van der Waals surface area contributed by atoms with Crippen LogP contribution in [0.2, 0.25) is 0 Å². The minimum atomic E-state index is -0.581. The molecular formula is C16H34N2O3. The van der Waals surface area contributed by atoms with Crippen molar-refractivity contribution in [3.63, 3.8) is 0 Å². The molecule has 0 aromatic rings. The lowest BCUT2D eigenvalue weighted by molar-refractivity contribution is -0.148. The molecule has 0 radical (unpaired) electrons. The minimum absolute atomic E-state index is 0.192. The SMILES string of the molecule is CCC(C)N(CCCCC(C)(NC)C(=O)OC)CCOC. The highest BCUT2D eigenvalue weighted by Crippen LogP contribution is 2.16. The molecule has 0 saturated heterocycles. The third-order valence-electron chi connectivity index (χ3n) is 4.36. The summed E-state index contributed by atoms with van der Waals surface area (Å²) in [6, 6.07) is 0.566. The molecular weight excluding hydrogens is 268 g/mol. The van der Waals surface area contributed by atoms with E-state index in [0.29, 0.717) is 6.04 Å². The molecule has 0 fully saturated rings.